The third-order valence-electron chi connectivity index (χ3n) is 4.54. The molecule has 1 fully saturated rings. The molecule has 0 spiro atoms. The van der Waals surface area contributed by atoms with Gasteiger partial charge in [0.25, 0.3) is 0 Å². The highest BCUT2D eigenvalue weighted by Crippen LogP contribution is 2.32. The van der Waals surface area contributed by atoms with Crippen molar-refractivity contribution in [1.29, 1.82) is 0 Å². The van der Waals surface area contributed by atoms with E-state index in [2.05, 4.69) is 39.9 Å². The zero-order valence-electron chi connectivity index (χ0n) is 13.4. The van der Waals surface area contributed by atoms with E-state index in [1.165, 1.54) is 44.9 Å². The van der Waals surface area contributed by atoms with Crippen molar-refractivity contribution in [2.24, 2.45) is 17.3 Å². The molecule has 0 bridgehead atoms. The summed E-state index contributed by atoms with van der Waals surface area (Å²) in [5, 5.41) is 3.75. The molecule has 1 atom stereocenters. The minimum atomic E-state index is 0.498. The van der Waals surface area contributed by atoms with Crippen LogP contribution in [-0.2, 0) is 0 Å². The molecule has 1 nitrogen and oxygen atoms in total. The maximum atomic E-state index is 3.75. The van der Waals surface area contributed by atoms with Gasteiger partial charge in [-0.3, -0.25) is 0 Å². The molecule has 0 aromatic carbocycles. The van der Waals surface area contributed by atoms with E-state index in [-0.39, 0.29) is 0 Å². The van der Waals surface area contributed by atoms with E-state index in [1.807, 2.05) is 0 Å². The van der Waals surface area contributed by atoms with Crippen LogP contribution in [0.15, 0.2) is 0 Å². The second-order valence-corrected chi connectivity index (χ2v) is 7.64. The average Bonchev–Trinajstić information content (AvgIpc) is 2.27. The molecule has 1 saturated carbocycles. The molecular weight excluding hydrogens is 218 g/mol. The molecule has 1 N–H and O–H groups in total. The van der Waals surface area contributed by atoms with Gasteiger partial charge in [-0.15, -0.1) is 0 Å². The van der Waals surface area contributed by atoms with Gasteiger partial charge in [0.1, 0.15) is 0 Å². The van der Waals surface area contributed by atoms with Crippen LogP contribution in [0.1, 0.15) is 79.6 Å². The molecule has 1 heteroatoms. The highest BCUT2D eigenvalue weighted by atomic mass is 14.9. The van der Waals surface area contributed by atoms with Crippen molar-refractivity contribution in [1.82, 2.24) is 5.32 Å². The zero-order chi connectivity index (χ0) is 13.6. The molecular formula is C17H35N. The maximum Gasteiger partial charge on any atom is 0.00952 e. The van der Waals surface area contributed by atoms with E-state index in [4.69, 9.17) is 0 Å². The Morgan fingerprint density at radius 2 is 1.72 bits per heavy atom. The fourth-order valence-corrected chi connectivity index (χ4v) is 3.31. The highest BCUT2D eigenvalue weighted by molar-refractivity contribution is 4.81. The SMILES string of the molecule is CCNC(CCCC(C)(C)C)C1CCC(C)CC1. The summed E-state index contributed by atoms with van der Waals surface area (Å²) in [6, 6.07) is 0.782. The molecule has 18 heavy (non-hydrogen) atoms. The van der Waals surface area contributed by atoms with E-state index < -0.39 is 0 Å². The summed E-state index contributed by atoms with van der Waals surface area (Å²) >= 11 is 0. The monoisotopic (exact) mass is 253 g/mol. The van der Waals surface area contributed by atoms with Gasteiger partial charge in [0.05, 0.1) is 0 Å². The molecule has 0 radical (unpaired) electrons. The Morgan fingerprint density at radius 1 is 1.11 bits per heavy atom. The minimum absolute atomic E-state index is 0.498. The van der Waals surface area contributed by atoms with Crippen molar-refractivity contribution in [3.05, 3.63) is 0 Å². The lowest BCUT2D eigenvalue weighted by Gasteiger charge is -2.34. The van der Waals surface area contributed by atoms with E-state index in [0.29, 0.717) is 5.41 Å². The topological polar surface area (TPSA) is 12.0 Å². The third-order valence-corrected chi connectivity index (χ3v) is 4.54. The molecule has 0 aromatic heterocycles. The Hall–Kier alpha value is -0.0400. The maximum absolute atomic E-state index is 3.75. The largest absolute Gasteiger partial charge is 0.314 e. The lowest BCUT2D eigenvalue weighted by atomic mass is 9.77. The predicted octanol–water partition coefficient (Wildman–Crippen LogP) is 5.01. The van der Waals surface area contributed by atoms with Crippen LogP contribution in [-0.4, -0.2) is 12.6 Å². The fourth-order valence-electron chi connectivity index (χ4n) is 3.31. The Morgan fingerprint density at radius 3 is 2.22 bits per heavy atom. The van der Waals surface area contributed by atoms with Crippen LogP contribution in [0.25, 0.3) is 0 Å². The molecule has 0 heterocycles. The van der Waals surface area contributed by atoms with Crippen LogP contribution in [0.5, 0.6) is 0 Å². The van der Waals surface area contributed by atoms with Crippen molar-refractivity contribution in [2.45, 2.75) is 85.6 Å². The van der Waals surface area contributed by atoms with Crippen LogP contribution in [0.4, 0.5) is 0 Å². The molecule has 0 aromatic rings. The molecule has 1 unspecified atom stereocenters. The van der Waals surface area contributed by atoms with Crippen LogP contribution >= 0.6 is 0 Å². The third kappa shape index (κ3) is 6.22. The first-order chi connectivity index (χ1) is 8.42. The Kier molecular flexibility index (Phi) is 6.70. The lowest BCUT2D eigenvalue weighted by molar-refractivity contribution is 0.215. The first kappa shape index (κ1) is 16.0. The average molecular weight is 253 g/mol. The molecule has 1 rings (SSSR count). The van der Waals surface area contributed by atoms with Crippen molar-refractivity contribution in [3.63, 3.8) is 0 Å². The van der Waals surface area contributed by atoms with Gasteiger partial charge in [0.15, 0.2) is 0 Å². The van der Waals surface area contributed by atoms with Crippen molar-refractivity contribution in [3.8, 4) is 0 Å². The molecule has 0 amide bonds. The summed E-state index contributed by atoms with van der Waals surface area (Å²) in [4.78, 5) is 0. The first-order valence-electron chi connectivity index (χ1n) is 8.15. The molecule has 0 saturated heterocycles. The van der Waals surface area contributed by atoms with Crippen LogP contribution in [0.2, 0.25) is 0 Å². The van der Waals surface area contributed by atoms with E-state index >= 15 is 0 Å². The van der Waals surface area contributed by atoms with E-state index in [0.717, 1.165) is 24.4 Å². The number of hydrogen-bond donors (Lipinski definition) is 1. The Labute approximate surface area is 115 Å². The predicted molar refractivity (Wildman–Crippen MR) is 81.9 cm³/mol. The summed E-state index contributed by atoms with van der Waals surface area (Å²) < 4.78 is 0. The number of rotatable bonds is 6. The van der Waals surface area contributed by atoms with Crippen molar-refractivity contribution < 1.29 is 0 Å². The summed E-state index contributed by atoms with van der Waals surface area (Å²) in [7, 11) is 0. The van der Waals surface area contributed by atoms with Crippen molar-refractivity contribution >= 4 is 0 Å². The van der Waals surface area contributed by atoms with Gasteiger partial charge >= 0.3 is 0 Å². The minimum Gasteiger partial charge on any atom is -0.314 e. The quantitative estimate of drug-likeness (QED) is 0.702. The van der Waals surface area contributed by atoms with Crippen LogP contribution in [0.3, 0.4) is 0 Å². The van der Waals surface area contributed by atoms with Gasteiger partial charge in [-0.05, 0) is 49.5 Å². The number of hydrogen-bond acceptors (Lipinski definition) is 1. The molecule has 1 aliphatic carbocycles. The van der Waals surface area contributed by atoms with E-state index in [1.54, 1.807) is 0 Å². The van der Waals surface area contributed by atoms with Gasteiger partial charge in [-0.25, -0.2) is 0 Å². The summed E-state index contributed by atoms with van der Waals surface area (Å²) in [6.07, 6.45) is 9.93. The standard InChI is InChI=1S/C17H35N/c1-6-18-16(8-7-13-17(3,4)5)15-11-9-14(2)10-12-15/h14-16,18H,6-13H2,1-5H3. The van der Waals surface area contributed by atoms with Gasteiger partial charge < -0.3 is 5.32 Å². The summed E-state index contributed by atoms with van der Waals surface area (Å²) in [5.74, 6) is 1.92. The Balaban J connectivity index is 2.34. The summed E-state index contributed by atoms with van der Waals surface area (Å²) in [5.41, 5.74) is 0.498. The van der Waals surface area contributed by atoms with Gasteiger partial charge in [-0.2, -0.15) is 0 Å². The summed E-state index contributed by atoms with van der Waals surface area (Å²) in [6.45, 7) is 12.9. The second-order valence-electron chi connectivity index (χ2n) is 7.64. The smallest absolute Gasteiger partial charge is 0.00952 e. The highest BCUT2D eigenvalue weighted by Gasteiger charge is 2.25. The van der Waals surface area contributed by atoms with Crippen LogP contribution < -0.4 is 5.32 Å². The molecule has 0 aliphatic heterocycles. The lowest BCUT2D eigenvalue weighted by Crippen LogP contribution is -2.38. The van der Waals surface area contributed by atoms with Crippen molar-refractivity contribution in [2.75, 3.05) is 6.54 Å². The molecule has 108 valence electrons. The van der Waals surface area contributed by atoms with Gasteiger partial charge in [-0.1, -0.05) is 53.9 Å². The Bertz CT molecular complexity index is 208. The van der Waals surface area contributed by atoms with Gasteiger partial charge in [0, 0.05) is 6.04 Å². The van der Waals surface area contributed by atoms with Crippen LogP contribution in [0, 0.1) is 17.3 Å². The van der Waals surface area contributed by atoms with Gasteiger partial charge in [0.2, 0.25) is 0 Å². The second kappa shape index (κ2) is 7.53. The molecule has 1 aliphatic rings. The normalized spacial score (nSPS) is 27.2. The number of nitrogens with one attached hydrogen (secondary N) is 1. The zero-order valence-corrected chi connectivity index (χ0v) is 13.4. The van der Waals surface area contributed by atoms with E-state index in [9.17, 15) is 0 Å². The first-order valence-corrected chi connectivity index (χ1v) is 8.15. The fraction of sp³-hybridized carbons (Fsp3) is 1.00.